The minimum Gasteiger partial charge on any atom is -0.480 e. The SMILES string of the molecule is O=C(O)CN(CC1CC1)C1CC(NC(=O)C2(c3ccccc3F)CC2)C1. The Labute approximate surface area is 152 Å². The van der Waals surface area contributed by atoms with Crippen LogP contribution in [0.15, 0.2) is 24.3 Å². The van der Waals surface area contributed by atoms with Gasteiger partial charge in [-0.1, -0.05) is 18.2 Å². The van der Waals surface area contributed by atoms with Crippen molar-refractivity contribution >= 4 is 11.9 Å². The molecule has 0 spiro atoms. The number of nitrogens with zero attached hydrogens (tertiary/aromatic N) is 1. The monoisotopic (exact) mass is 360 g/mol. The second-order valence-electron chi connectivity index (χ2n) is 8.12. The van der Waals surface area contributed by atoms with Crippen LogP contribution < -0.4 is 5.32 Å². The highest BCUT2D eigenvalue weighted by molar-refractivity contribution is 5.91. The van der Waals surface area contributed by atoms with E-state index in [4.69, 9.17) is 5.11 Å². The average Bonchev–Trinajstić information content (AvgIpc) is 3.44. The fraction of sp³-hybridized carbons (Fsp3) is 0.600. The van der Waals surface area contributed by atoms with Gasteiger partial charge in [-0.2, -0.15) is 0 Å². The lowest BCUT2D eigenvalue weighted by molar-refractivity contribution is -0.140. The summed E-state index contributed by atoms with van der Waals surface area (Å²) in [4.78, 5) is 25.9. The highest BCUT2D eigenvalue weighted by Gasteiger charge is 2.53. The van der Waals surface area contributed by atoms with Gasteiger partial charge in [0.2, 0.25) is 5.91 Å². The molecule has 0 aliphatic heterocycles. The molecular formula is C20H25FN2O3. The summed E-state index contributed by atoms with van der Waals surface area (Å²) >= 11 is 0. The number of rotatable bonds is 8. The van der Waals surface area contributed by atoms with Crippen molar-refractivity contribution in [3.63, 3.8) is 0 Å². The molecule has 0 bridgehead atoms. The number of amides is 1. The van der Waals surface area contributed by atoms with Crippen LogP contribution in [0.2, 0.25) is 0 Å². The maximum absolute atomic E-state index is 14.1. The molecule has 0 aromatic heterocycles. The van der Waals surface area contributed by atoms with E-state index >= 15 is 0 Å². The minimum absolute atomic E-state index is 0.0623. The summed E-state index contributed by atoms with van der Waals surface area (Å²) in [6.45, 7) is 0.914. The number of halogens is 1. The first-order valence-corrected chi connectivity index (χ1v) is 9.50. The summed E-state index contributed by atoms with van der Waals surface area (Å²) < 4.78 is 14.1. The van der Waals surface area contributed by atoms with Crippen LogP contribution in [0.4, 0.5) is 4.39 Å². The summed E-state index contributed by atoms with van der Waals surface area (Å²) in [5, 5.41) is 12.2. The molecule has 5 nitrogen and oxygen atoms in total. The molecule has 0 atom stereocenters. The van der Waals surface area contributed by atoms with E-state index in [0.717, 1.165) is 19.4 Å². The first-order valence-electron chi connectivity index (χ1n) is 9.50. The fourth-order valence-electron chi connectivity index (χ4n) is 4.07. The molecule has 6 heteroatoms. The summed E-state index contributed by atoms with van der Waals surface area (Å²) in [5.41, 5.74) is -0.208. The van der Waals surface area contributed by atoms with Gasteiger partial charge in [-0.05, 0) is 50.5 Å². The minimum atomic E-state index is -0.797. The van der Waals surface area contributed by atoms with Crippen molar-refractivity contribution in [1.29, 1.82) is 0 Å². The summed E-state index contributed by atoms with van der Waals surface area (Å²) in [6.07, 6.45) is 5.30. The van der Waals surface area contributed by atoms with E-state index in [1.165, 1.54) is 18.9 Å². The van der Waals surface area contributed by atoms with Crippen LogP contribution in [-0.4, -0.2) is 47.1 Å². The second kappa shape index (κ2) is 6.65. The summed E-state index contributed by atoms with van der Waals surface area (Å²) in [5.74, 6) is -0.560. The molecule has 3 saturated carbocycles. The van der Waals surface area contributed by atoms with Gasteiger partial charge in [0.1, 0.15) is 5.82 Å². The maximum Gasteiger partial charge on any atom is 0.317 e. The van der Waals surface area contributed by atoms with Crippen molar-refractivity contribution in [3.05, 3.63) is 35.6 Å². The zero-order valence-corrected chi connectivity index (χ0v) is 14.8. The average molecular weight is 360 g/mol. The molecular weight excluding hydrogens is 335 g/mol. The lowest BCUT2D eigenvalue weighted by Crippen LogP contribution is -2.56. The molecule has 4 rings (SSSR count). The Morgan fingerprint density at radius 3 is 2.50 bits per heavy atom. The standard InChI is InChI=1S/C20H25FN2O3/c21-17-4-2-1-3-16(17)20(7-8-20)19(26)22-14-9-15(10-14)23(12-18(24)25)11-13-5-6-13/h1-4,13-15H,5-12H2,(H,22,26)(H,24,25). The number of hydrogen-bond acceptors (Lipinski definition) is 3. The van der Waals surface area contributed by atoms with E-state index in [0.29, 0.717) is 24.3 Å². The largest absolute Gasteiger partial charge is 0.480 e. The van der Waals surface area contributed by atoms with Crippen LogP contribution in [0.5, 0.6) is 0 Å². The van der Waals surface area contributed by atoms with Crippen molar-refractivity contribution in [1.82, 2.24) is 10.2 Å². The fourth-order valence-corrected chi connectivity index (χ4v) is 4.07. The quantitative estimate of drug-likeness (QED) is 0.746. The Bertz CT molecular complexity index is 709. The van der Waals surface area contributed by atoms with Gasteiger partial charge < -0.3 is 10.4 Å². The zero-order valence-electron chi connectivity index (χ0n) is 14.8. The van der Waals surface area contributed by atoms with Gasteiger partial charge in [-0.25, -0.2) is 4.39 Å². The molecule has 3 fully saturated rings. The molecule has 0 unspecified atom stereocenters. The molecule has 0 saturated heterocycles. The Morgan fingerprint density at radius 1 is 1.23 bits per heavy atom. The molecule has 0 heterocycles. The zero-order chi connectivity index (χ0) is 18.3. The number of nitrogens with one attached hydrogen (secondary N) is 1. The van der Waals surface area contributed by atoms with Gasteiger partial charge >= 0.3 is 5.97 Å². The molecule has 2 N–H and O–H groups in total. The van der Waals surface area contributed by atoms with Crippen LogP contribution in [0, 0.1) is 11.7 Å². The third-order valence-electron chi connectivity index (χ3n) is 6.07. The highest BCUT2D eigenvalue weighted by atomic mass is 19.1. The predicted octanol–water partition coefficient (Wildman–Crippen LogP) is 2.30. The Hall–Kier alpha value is -1.95. The summed E-state index contributed by atoms with van der Waals surface area (Å²) in [6, 6.07) is 6.81. The molecule has 1 amide bonds. The third-order valence-corrected chi connectivity index (χ3v) is 6.07. The lowest BCUT2D eigenvalue weighted by Gasteiger charge is -2.43. The van der Waals surface area contributed by atoms with Gasteiger partial charge in [0.25, 0.3) is 0 Å². The lowest BCUT2D eigenvalue weighted by atomic mass is 9.84. The van der Waals surface area contributed by atoms with Crippen LogP contribution in [-0.2, 0) is 15.0 Å². The van der Waals surface area contributed by atoms with Gasteiger partial charge in [0.15, 0.2) is 0 Å². The number of carbonyl (C=O) groups excluding carboxylic acids is 1. The highest BCUT2D eigenvalue weighted by Crippen LogP contribution is 2.49. The molecule has 0 radical (unpaired) electrons. The van der Waals surface area contributed by atoms with Crippen LogP contribution >= 0.6 is 0 Å². The smallest absolute Gasteiger partial charge is 0.317 e. The van der Waals surface area contributed by atoms with Crippen molar-refractivity contribution in [3.8, 4) is 0 Å². The van der Waals surface area contributed by atoms with Crippen LogP contribution in [0.1, 0.15) is 44.1 Å². The van der Waals surface area contributed by atoms with E-state index in [2.05, 4.69) is 5.32 Å². The number of carboxylic acid groups (broad SMARTS) is 1. The number of aliphatic carboxylic acids is 1. The first kappa shape index (κ1) is 17.5. The van der Waals surface area contributed by atoms with Crippen molar-refractivity contribution in [2.75, 3.05) is 13.1 Å². The molecule has 1 aromatic carbocycles. The first-order chi connectivity index (χ1) is 12.5. The summed E-state index contributed by atoms with van der Waals surface area (Å²) in [7, 11) is 0. The number of benzene rings is 1. The second-order valence-corrected chi connectivity index (χ2v) is 8.12. The number of carboxylic acids is 1. The molecule has 3 aliphatic carbocycles. The van der Waals surface area contributed by atoms with Gasteiger partial charge in [0, 0.05) is 24.2 Å². The van der Waals surface area contributed by atoms with E-state index < -0.39 is 11.4 Å². The Balaban J connectivity index is 1.33. The molecule has 3 aliphatic rings. The topological polar surface area (TPSA) is 69.6 Å². The predicted molar refractivity (Wildman–Crippen MR) is 94.2 cm³/mol. The van der Waals surface area contributed by atoms with Crippen LogP contribution in [0.25, 0.3) is 0 Å². The Kier molecular flexibility index (Phi) is 4.47. The van der Waals surface area contributed by atoms with Gasteiger partial charge in [-0.15, -0.1) is 0 Å². The number of hydrogen-bond donors (Lipinski definition) is 2. The van der Waals surface area contributed by atoms with E-state index in [-0.39, 0.29) is 30.4 Å². The van der Waals surface area contributed by atoms with E-state index in [1.807, 2.05) is 4.90 Å². The van der Waals surface area contributed by atoms with Gasteiger partial charge in [-0.3, -0.25) is 14.5 Å². The van der Waals surface area contributed by atoms with Crippen molar-refractivity contribution in [2.24, 2.45) is 5.92 Å². The third kappa shape index (κ3) is 3.47. The molecule has 1 aromatic rings. The molecule has 140 valence electrons. The molecule has 26 heavy (non-hydrogen) atoms. The van der Waals surface area contributed by atoms with Crippen LogP contribution in [0.3, 0.4) is 0 Å². The maximum atomic E-state index is 14.1. The number of carbonyl (C=O) groups is 2. The van der Waals surface area contributed by atoms with Crippen molar-refractivity contribution < 1.29 is 19.1 Å². The van der Waals surface area contributed by atoms with E-state index in [9.17, 15) is 14.0 Å². The van der Waals surface area contributed by atoms with Gasteiger partial charge in [0.05, 0.1) is 12.0 Å². The van der Waals surface area contributed by atoms with Crippen molar-refractivity contribution in [2.45, 2.75) is 56.0 Å². The Morgan fingerprint density at radius 2 is 1.92 bits per heavy atom. The van der Waals surface area contributed by atoms with E-state index in [1.54, 1.807) is 18.2 Å². The normalized spacial score (nSPS) is 26.2.